The van der Waals surface area contributed by atoms with Crippen LogP contribution in [0.5, 0.6) is 0 Å². The number of hydrogen-bond donors (Lipinski definition) is 1. The molecule has 2 aromatic rings. The predicted molar refractivity (Wildman–Crippen MR) is 50.0 cm³/mol. The molecular formula is C10H12Cl2NZr-3. The molecule has 0 unspecified atom stereocenters. The number of H-pyrrole nitrogens is 1. The molecule has 0 aliphatic carbocycles. The number of para-hydroxylation sites is 1. The van der Waals surface area contributed by atoms with E-state index in [-0.39, 0.29) is 65.9 Å². The van der Waals surface area contributed by atoms with Crippen molar-refractivity contribution in [3.63, 3.8) is 0 Å². The van der Waals surface area contributed by atoms with Gasteiger partial charge >= 0.3 is 26.2 Å². The first kappa shape index (κ1) is 23.8. The van der Waals surface area contributed by atoms with Gasteiger partial charge in [-0.05, 0) is 0 Å². The Morgan fingerprint density at radius 1 is 1.00 bits per heavy atom. The van der Waals surface area contributed by atoms with Crippen molar-refractivity contribution in [2.24, 2.45) is 0 Å². The van der Waals surface area contributed by atoms with Gasteiger partial charge < -0.3 is 44.7 Å². The van der Waals surface area contributed by atoms with Crippen LogP contribution in [0.1, 0.15) is 0 Å². The van der Waals surface area contributed by atoms with Crippen LogP contribution >= 0.6 is 0 Å². The summed E-state index contributed by atoms with van der Waals surface area (Å²) in [5.74, 6) is 0. The fraction of sp³-hybridized carbons (Fsp3) is 0. The number of halogens is 2. The Hall–Kier alpha value is 0.223. The minimum atomic E-state index is 0. The molecule has 0 radical (unpaired) electrons. The molecule has 14 heavy (non-hydrogen) atoms. The topological polar surface area (TPSA) is 15.8 Å². The molecule has 0 aliphatic rings. The van der Waals surface area contributed by atoms with Gasteiger partial charge in [-0.2, -0.15) is 11.5 Å². The molecule has 1 aromatic carbocycles. The van der Waals surface area contributed by atoms with E-state index >= 15 is 0 Å². The summed E-state index contributed by atoms with van der Waals surface area (Å²) in [7, 11) is 0. The van der Waals surface area contributed by atoms with Gasteiger partial charge in [0, 0.05) is 0 Å². The van der Waals surface area contributed by atoms with Crippen molar-refractivity contribution in [1.82, 2.24) is 4.98 Å². The Labute approximate surface area is 118 Å². The fourth-order valence-electron chi connectivity index (χ4n) is 0.928. The van der Waals surface area contributed by atoms with Crippen molar-refractivity contribution < 1.29 is 51.0 Å². The van der Waals surface area contributed by atoms with Crippen LogP contribution in [0.15, 0.2) is 30.3 Å². The molecular weight excluding hydrogens is 296 g/mol. The Kier molecular flexibility index (Phi) is 19.2. The fourth-order valence-corrected chi connectivity index (χ4v) is 0.928. The van der Waals surface area contributed by atoms with Gasteiger partial charge in [0.2, 0.25) is 0 Å². The normalized spacial score (nSPS) is 6.57. The molecule has 0 aliphatic heterocycles. The van der Waals surface area contributed by atoms with E-state index in [9.17, 15) is 0 Å². The molecule has 78 valence electrons. The van der Waals surface area contributed by atoms with Crippen LogP contribution in [0.25, 0.3) is 10.9 Å². The van der Waals surface area contributed by atoms with Gasteiger partial charge in [0.25, 0.3) is 0 Å². The predicted octanol–water partition coefficient (Wildman–Crippen LogP) is -3.13. The van der Waals surface area contributed by atoms with E-state index in [0.29, 0.717) is 0 Å². The largest absolute Gasteiger partial charge is 2.00 e. The molecule has 2 rings (SSSR count). The molecule has 1 heterocycles. The summed E-state index contributed by atoms with van der Waals surface area (Å²) < 4.78 is 0. The molecule has 1 aromatic heterocycles. The maximum Gasteiger partial charge on any atom is 2.00 e. The Morgan fingerprint density at radius 3 is 2.14 bits per heavy atom. The molecule has 4 heteroatoms. The van der Waals surface area contributed by atoms with Crippen LogP contribution in [0.4, 0.5) is 0 Å². The number of fused-ring (bicyclic) bond motifs is 1. The van der Waals surface area contributed by atoms with Gasteiger partial charge in [-0.25, -0.2) is 0 Å². The van der Waals surface area contributed by atoms with E-state index in [0.717, 1.165) is 5.52 Å². The van der Waals surface area contributed by atoms with E-state index in [1.54, 1.807) is 0 Å². The monoisotopic (exact) mass is 306 g/mol. The molecule has 1 nitrogen and oxygen atoms in total. The summed E-state index contributed by atoms with van der Waals surface area (Å²) in [4.78, 5) is 2.99. The molecule has 0 amide bonds. The maximum absolute atomic E-state index is 2.99. The zero-order valence-electron chi connectivity index (χ0n) is 8.14. The van der Waals surface area contributed by atoms with Crippen LogP contribution in [0.3, 0.4) is 0 Å². The third kappa shape index (κ3) is 5.19. The third-order valence-electron chi connectivity index (χ3n) is 1.40. The molecule has 0 saturated carbocycles. The van der Waals surface area contributed by atoms with Gasteiger partial charge in [0.15, 0.2) is 0 Å². The van der Waals surface area contributed by atoms with E-state index in [1.165, 1.54) is 5.39 Å². The zero-order chi connectivity index (χ0) is 6.10. The van der Waals surface area contributed by atoms with Crippen molar-refractivity contribution in [2.45, 2.75) is 0 Å². The second kappa shape index (κ2) is 11.3. The SMILES string of the molecule is [CH3-].[CH3-].[Cl-].[Cl-].[Zr+2].[c-]1cc2ccccc2[nH]1. The van der Waals surface area contributed by atoms with Crippen LogP contribution in [0, 0.1) is 21.1 Å². The van der Waals surface area contributed by atoms with Gasteiger partial charge in [-0.3, -0.25) is 0 Å². The molecule has 0 saturated heterocycles. The van der Waals surface area contributed by atoms with Crippen molar-refractivity contribution in [3.8, 4) is 0 Å². The average Bonchev–Trinajstić information content (AvgIpc) is 2.33. The van der Waals surface area contributed by atoms with Crippen LogP contribution < -0.4 is 24.8 Å². The van der Waals surface area contributed by atoms with Gasteiger partial charge in [-0.1, -0.05) is 12.1 Å². The Bertz CT molecular complexity index is 292. The van der Waals surface area contributed by atoms with Gasteiger partial charge in [-0.15, -0.1) is 23.8 Å². The number of benzene rings is 1. The number of aromatic amines is 1. The molecule has 0 fully saturated rings. The van der Waals surface area contributed by atoms with Crippen molar-refractivity contribution in [2.75, 3.05) is 0 Å². The van der Waals surface area contributed by atoms with E-state index in [4.69, 9.17) is 0 Å². The zero-order valence-corrected chi connectivity index (χ0v) is 12.1. The van der Waals surface area contributed by atoms with Gasteiger partial charge in [0.05, 0.1) is 0 Å². The van der Waals surface area contributed by atoms with E-state index in [2.05, 4.69) is 17.2 Å². The standard InChI is InChI=1S/C8H6N.2CH3.2ClH.Zr/c1-2-4-8-7(3-1)5-6-9-8;;;;;/h1-5,9H;2*1H3;2*1H;/q3*-1;;;+2/p-2. The summed E-state index contributed by atoms with van der Waals surface area (Å²) in [5, 5.41) is 1.22. The molecule has 0 spiro atoms. The smallest absolute Gasteiger partial charge is 1.00 e. The number of rotatable bonds is 0. The van der Waals surface area contributed by atoms with E-state index < -0.39 is 0 Å². The second-order valence-electron chi connectivity index (χ2n) is 2.00. The summed E-state index contributed by atoms with van der Waals surface area (Å²) in [6.45, 7) is 0. The molecule has 0 bridgehead atoms. The summed E-state index contributed by atoms with van der Waals surface area (Å²) in [6.07, 6.45) is 2.91. The quantitative estimate of drug-likeness (QED) is 0.496. The first-order valence-corrected chi connectivity index (χ1v) is 2.90. The first-order chi connectivity index (χ1) is 4.47. The van der Waals surface area contributed by atoms with Crippen molar-refractivity contribution in [3.05, 3.63) is 51.4 Å². The third-order valence-corrected chi connectivity index (χ3v) is 1.40. The average molecular weight is 308 g/mol. The summed E-state index contributed by atoms with van der Waals surface area (Å²) >= 11 is 0. The molecule has 1 N–H and O–H groups in total. The number of hydrogen-bond acceptors (Lipinski definition) is 0. The van der Waals surface area contributed by atoms with Crippen LogP contribution in [0.2, 0.25) is 0 Å². The van der Waals surface area contributed by atoms with Crippen molar-refractivity contribution in [1.29, 1.82) is 0 Å². The first-order valence-electron chi connectivity index (χ1n) is 2.90. The van der Waals surface area contributed by atoms with Gasteiger partial charge in [0.1, 0.15) is 0 Å². The summed E-state index contributed by atoms with van der Waals surface area (Å²) in [6, 6.07) is 10.1. The van der Waals surface area contributed by atoms with Crippen molar-refractivity contribution >= 4 is 10.9 Å². The minimum Gasteiger partial charge on any atom is -1.00 e. The van der Waals surface area contributed by atoms with Crippen LogP contribution in [-0.2, 0) is 26.2 Å². The van der Waals surface area contributed by atoms with E-state index in [1.807, 2.05) is 24.3 Å². The maximum atomic E-state index is 2.99. The minimum absolute atomic E-state index is 0. The Morgan fingerprint density at radius 2 is 1.57 bits per heavy atom. The Balaban J connectivity index is -0.0000001000. The molecule has 0 atom stereocenters. The number of nitrogens with one attached hydrogen (secondary N) is 1. The second-order valence-corrected chi connectivity index (χ2v) is 2.00. The summed E-state index contributed by atoms with van der Waals surface area (Å²) in [5.41, 5.74) is 1.15. The van der Waals surface area contributed by atoms with Crippen LogP contribution in [-0.4, -0.2) is 4.98 Å². The number of aromatic nitrogens is 1.